The van der Waals surface area contributed by atoms with Crippen LogP contribution in [0.5, 0.6) is 5.75 Å². The minimum atomic E-state index is -0.875. The minimum Gasteiger partial charge on any atom is -0.477 e. The molecule has 8 heteroatoms. The maximum absolute atomic E-state index is 12.9. The molecule has 0 unspecified atom stereocenters. The fraction of sp³-hybridized carbons (Fsp3) is 0.263. The predicted molar refractivity (Wildman–Crippen MR) is 105 cm³/mol. The SMILES string of the molecule is CN(CC(=O)N1C[C@@H](C(N)=O)Oc2ccccc21)Cc1ccc(Cl)cc1Cl. The molecule has 3 rings (SSSR count). The van der Waals surface area contributed by atoms with Gasteiger partial charge >= 0.3 is 0 Å². The van der Waals surface area contributed by atoms with Crippen molar-refractivity contribution in [3.05, 3.63) is 58.1 Å². The van der Waals surface area contributed by atoms with E-state index >= 15 is 0 Å². The van der Waals surface area contributed by atoms with E-state index in [2.05, 4.69) is 0 Å². The Labute approximate surface area is 167 Å². The van der Waals surface area contributed by atoms with Crippen LogP contribution in [0, 0.1) is 0 Å². The summed E-state index contributed by atoms with van der Waals surface area (Å²) in [6.45, 7) is 0.701. The fourth-order valence-electron chi connectivity index (χ4n) is 2.93. The van der Waals surface area contributed by atoms with E-state index in [9.17, 15) is 9.59 Å². The van der Waals surface area contributed by atoms with E-state index < -0.39 is 12.0 Å². The Kier molecular flexibility index (Phi) is 5.89. The number of likely N-dealkylation sites (N-methyl/N-ethyl adjacent to an activating group) is 1. The average molecular weight is 408 g/mol. The summed E-state index contributed by atoms with van der Waals surface area (Å²) in [5.74, 6) is -0.308. The fourth-order valence-corrected chi connectivity index (χ4v) is 3.40. The van der Waals surface area contributed by atoms with Gasteiger partial charge < -0.3 is 15.4 Å². The summed E-state index contributed by atoms with van der Waals surface area (Å²) in [4.78, 5) is 27.9. The first-order valence-corrected chi connectivity index (χ1v) is 9.08. The lowest BCUT2D eigenvalue weighted by atomic mass is 10.1. The third kappa shape index (κ3) is 4.53. The number of nitrogens with zero attached hydrogens (tertiary/aromatic N) is 2. The molecule has 0 radical (unpaired) electrons. The molecule has 0 bridgehead atoms. The molecule has 0 aliphatic carbocycles. The number of primary amides is 1. The van der Waals surface area contributed by atoms with Crippen LogP contribution in [0.1, 0.15) is 5.56 Å². The summed E-state index contributed by atoms with van der Waals surface area (Å²) >= 11 is 12.1. The van der Waals surface area contributed by atoms with Crippen molar-refractivity contribution in [3.8, 4) is 5.75 Å². The molecular formula is C19H19Cl2N3O3. The van der Waals surface area contributed by atoms with E-state index in [1.165, 1.54) is 4.90 Å². The van der Waals surface area contributed by atoms with E-state index in [0.29, 0.717) is 28.0 Å². The summed E-state index contributed by atoms with van der Waals surface area (Å²) < 4.78 is 5.59. The Morgan fingerprint density at radius 2 is 2.00 bits per heavy atom. The number of ether oxygens (including phenoxy) is 1. The first-order chi connectivity index (χ1) is 12.8. The molecule has 0 aromatic heterocycles. The summed E-state index contributed by atoms with van der Waals surface area (Å²) in [6.07, 6.45) is -0.875. The van der Waals surface area contributed by atoms with Crippen LogP contribution >= 0.6 is 23.2 Å². The minimum absolute atomic E-state index is 0.0840. The van der Waals surface area contributed by atoms with E-state index in [1.54, 1.807) is 30.3 Å². The number of nitrogens with two attached hydrogens (primary N) is 1. The van der Waals surface area contributed by atoms with Gasteiger partial charge in [-0.15, -0.1) is 0 Å². The Morgan fingerprint density at radius 1 is 1.26 bits per heavy atom. The number of amides is 2. The van der Waals surface area contributed by atoms with Crippen molar-refractivity contribution in [3.63, 3.8) is 0 Å². The molecule has 1 atom stereocenters. The van der Waals surface area contributed by atoms with Crippen LogP contribution < -0.4 is 15.4 Å². The van der Waals surface area contributed by atoms with Gasteiger partial charge in [-0.3, -0.25) is 14.5 Å². The van der Waals surface area contributed by atoms with Crippen LogP contribution in [0.3, 0.4) is 0 Å². The zero-order valence-electron chi connectivity index (χ0n) is 14.7. The zero-order valence-corrected chi connectivity index (χ0v) is 16.2. The molecule has 142 valence electrons. The number of carbonyl (C=O) groups excluding carboxylic acids is 2. The predicted octanol–water partition coefficient (Wildman–Crippen LogP) is 2.70. The Balaban J connectivity index is 1.73. The summed E-state index contributed by atoms with van der Waals surface area (Å²) in [5.41, 5.74) is 6.87. The first kappa shape index (κ1) is 19.5. The second-order valence-electron chi connectivity index (χ2n) is 6.39. The Hall–Kier alpha value is -2.28. The standard InChI is InChI=1S/C19H19Cl2N3O3/c1-23(9-12-6-7-13(20)8-14(12)21)11-18(25)24-10-17(19(22)26)27-16-5-3-2-4-15(16)24/h2-8,17H,9-11H2,1H3,(H2,22,26)/t17-/m0/s1. The first-order valence-electron chi connectivity index (χ1n) is 8.33. The number of rotatable bonds is 5. The van der Waals surface area contributed by atoms with E-state index in [0.717, 1.165) is 5.56 Å². The van der Waals surface area contributed by atoms with Gasteiger partial charge in [0.2, 0.25) is 5.91 Å². The summed E-state index contributed by atoms with van der Waals surface area (Å²) in [6, 6.07) is 12.3. The average Bonchev–Trinajstić information content (AvgIpc) is 2.63. The van der Waals surface area contributed by atoms with Gasteiger partial charge in [0.1, 0.15) is 5.75 Å². The molecule has 1 heterocycles. The second-order valence-corrected chi connectivity index (χ2v) is 7.23. The van der Waals surface area contributed by atoms with Crippen LogP contribution in [-0.4, -0.2) is 43.0 Å². The molecule has 0 saturated heterocycles. The van der Waals surface area contributed by atoms with Gasteiger partial charge in [0.15, 0.2) is 6.10 Å². The van der Waals surface area contributed by atoms with Crippen molar-refractivity contribution in [1.29, 1.82) is 0 Å². The maximum atomic E-state index is 12.9. The highest BCUT2D eigenvalue weighted by Gasteiger charge is 2.32. The van der Waals surface area contributed by atoms with Crippen LogP contribution in [0.25, 0.3) is 0 Å². The van der Waals surface area contributed by atoms with Crippen molar-refractivity contribution >= 4 is 40.7 Å². The molecule has 2 aromatic rings. The topological polar surface area (TPSA) is 75.9 Å². The van der Waals surface area contributed by atoms with Gasteiger partial charge in [-0.1, -0.05) is 41.4 Å². The van der Waals surface area contributed by atoms with E-state index in [-0.39, 0.29) is 19.0 Å². The van der Waals surface area contributed by atoms with Gasteiger partial charge in [-0.25, -0.2) is 0 Å². The van der Waals surface area contributed by atoms with Crippen LogP contribution in [0.4, 0.5) is 5.69 Å². The monoisotopic (exact) mass is 407 g/mol. The van der Waals surface area contributed by atoms with Gasteiger partial charge in [-0.05, 0) is 36.9 Å². The number of carbonyl (C=O) groups is 2. The molecule has 27 heavy (non-hydrogen) atoms. The van der Waals surface area contributed by atoms with Crippen molar-refractivity contribution in [2.24, 2.45) is 5.73 Å². The van der Waals surface area contributed by atoms with Crippen LogP contribution in [-0.2, 0) is 16.1 Å². The third-order valence-electron chi connectivity index (χ3n) is 4.25. The third-order valence-corrected chi connectivity index (χ3v) is 4.84. The van der Waals surface area contributed by atoms with Crippen LogP contribution in [0.2, 0.25) is 10.0 Å². The molecule has 2 N–H and O–H groups in total. The van der Waals surface area contributed by atoms with E-state index in [4.69, 9.17) is 33.7 Å². The Bertz CT molecular complexity index is 875. The molecule has 1 aliphatic heterocycles. The number of halogens is 2. The molecule has 2 aromatic carbocycles. The van der Waals surface area contributed by atoms with Crippen molar-refractivity contribution in [2.75, 3.05) is 25.0 Å². The molecule has 1 aliphatic rings. The van der Waals surface area contributed by atoms with Gasteiger partial charge in [0.05, 0.1) is 18.8 Å². The largest absolute Gasteiger partial charge is 0.477 e. The van der Waals surface area contributed by atoms with E-state index in [1.807, 2.05) is 24.1 Å². The maximum Gasteiger partial charge on any atom is 0.260 e. The lowest BCUT2D eigenvalue weighted by Gasteiger charge is -2.34. The molecule has 0 fully saturated rings. The summed E-state index contributed by atoms with van der Waals surface area (Å²) in [5, 5.41) is 1.11. The lowest BCUT2D eigenvalue weighted by Crippen LogP contribution is -2.51. The quantitative estimate of drug-likeness (QED) is 0.826. The Morgan fingerprint density at radius 3 is 2.70 bits per heavy atom. The molecule has 0 saturated carbocycles. The number of hydrogen-bond donors (Lipinski definition) is 1. The van der Waals surface area contributed by atoms with Gasteiger partial charge in [-0.2, -0.15) is 0 Å². The number of hydrogen-bond acceptors (Lipinski definition) is 4. The molecule has 6 nitrogen and oxygen atoms in total. The zero-order chi connectivity index (χ0) is 19.6. The second kappa shape index (κ2) is 8.17. The number of para-hydroxylation sites is 2. The van der Waals surface area contributed by atoms with Crippen molar-refractivity contribution in [1.82, 2.24) is 4.90 Å². The summed E-state index contributed by atoms with van der Waals surface area (Å²) in [7, 11) is 1.82. The highest BCUT2D eigenvalue weighted by atomic mass is 35.5. The number of benzene rings is 2. The lowest BCUT2D eigenvalue weighted by molar-refractivity contribution is -0.125. The van der Waals surface area contributed by atoms with Gasteiger partial charge in [0, 0.05) is 16.6 Å². The molecular weight excluding hydrogens is 389 g/mol. The number of anilines is 1. The van der Waals surface area contributed by atoms with Crippen LogP contribution in [0.15, 0.2) is 42.5 Å². The highest BCUT2D eigenvalue weighted by Crippen LogP contribution is 2.33. The normalized spacial score (nSPS) is 16.0. The smallest absolute Gasteiger partial charge is 0.260 e. The number of fused-ring (bicyclic) bond motifs is 1. The molecule has 2 amide bonds. The molecule has 0 spiro atoms. The van der Waals surface area contributed by atoms with Crippen molar-refractivity contribution in [2.45, 2.75) is 12.6 Å². The highest BCUT2D eigenvalue weighted by molar-refractivity contribution is 6.35. The van der Waals surface area contributed by atoms with Crippen molar-refractivity contribution < 1.29 is 14.3 Å². The van der Waals surface area contributed by atoms with Gasteiger partial charge in [0.25, 0.3) is 5.91 Å².